The lowest BCUT2D eigenvalue weighted by atomic mass is 10.0. The maximum atomic E-state index is 13.1. The fourth-order valence-electron chi connectivity index (χ4n) is 3.56. The van der Waals surface area contributed by atoms with Crippen molar-refractivity contribution in [2.75, 3.05) is 18.5 Å². The lowest BCUT2D eigenvalue weighted by molar-refractivity contribution is 0.0680. The van der Waals surface area contributed by atoms with Crippen LogP contribution in [0, 0.1) is 0 Å². The van der Waals surface area contributed by atoms with Crippen LogP contribution in [0.4, 0.5) is 5.69 Å². The van der Waals surface area contributed by atoms with Crippen molar-refractivity contribution < 1.29 is 9.53 Å². The maximum absolute atomic E-state index is 13.1. The van der Waals surface area contributed by atoms with Crippen molar-refractivity contribution in [3.05, 3.63) is 59.7 Å². The predicted molar refractivity (Wildman–Crippen MR) is 110 cm³/mol. The van der Waals surface area contributed by atoms with Crippen LogP contribution in [0.15, 0.2) is 48.5 Å². The van der Waals surface area contributed by atoms with Gasteiger partial charge in [-0.2, -0.15) is 0 Å². The fourth-order valence-corrected chi connectivity index (χ4v) is 3.56. The summed E-state index contributed by atoms with van der Waals surface area (Å²) in [7, 11) is 0. The summed E-state index contributed by atoms with van der Waals surface area (Å²) in [5.74, 6) is 0.939. The van der Waals surface area contributed by atoms with Gasteiger partial charge in [-0.15, -0.1) is 0 Å². The smallest absolute Gasteiger partial charge is 0.257 e. The summed E-state index contributed by atoms with van der Waals surface area (Å²) in [6, 6.07) is 15.8. The van der Waals surface area contributed by atoms with E-state index >= 15 is 0 Å². The molecule has 3 rings (SSSR count). The van der Waals surface area contributed by atoms with Gasteiger partial charge in [0, 0.05) is 17.8 Å². The summed E-state index contributed by atoms with van der Waals surface area (Å²) in [5.41, 5.74) is 2.64. The topological polar surface area (TPSA) is 41.6 Å². The minimum Gasteiger partial charge on any atom is -0.493 e. The van der Waals surface area contributed by atoms with Gasteiger partial charge in [-0.1, -0.05) is 63.4 Å². The monoisotopic (exact) mass is 366 g/mol. The van der Waals surface area contributed by atoms with Gasteiger partial charge in [0.15, 0.2) is 0 Å². The molecule has 2 aromatic carbocycles. The number of benzene rings is 2. The zero-order valence-electron chi connectivity index (χ0n) is 16.4. The minimum atomic E-state index is -0.209. The van der Waals surface area contributed by atoms with Crippen molar-refractivity contribution in [3.8, 4) is 5.75 Å². The largest absolute Gasteiger partial charge is 0.493 e. The van der Waals surface area contributed by atoms with Crippen LogP contribution in [0.1, 0.15) is 68.0 Å². The molecular formula is C23H30N2O2. The lowest BCUT2D eigenvalue weighted by Gasteiger charge is -2.38. The first-order chi connectivity index (χ1) is 13.3. The van der Waals surface area contributed by atoms with E-state index in [0.29, 0.717) is 13.2 Å². The first-order valence-electron chi connectivity index (χ1n) is 10.1. The van der Waals surface area contributed by atoms with E-state index in [4.69, 9.17) is 4.74 Å². The summed E-state index contributed by atoms with van der Waals surface area (Å²) < 4.78 is 6.11. The number of anilines is 1. The number of amides is 1. The highest BCUT2D eigenvalue weighted by Crippen LogP contribution is 2.36. The Morgan fingerprint density at radius 2 is 1.74 bits per heavy atom. The van der Waals surface area contributed by atoms with E-state index in [-0.39, 0.29) is 12.1 Å². The predicted octanol–water partition coefficient (Wildman–Crippen LogP) is 5.62. The number of unbranched alkanes of at least 4 members (excludes halogenated alkanes) is 3. The van der Waals surface area contributed by atoms with E-state index in [1.54, 1.807) is 0 Å². The zero-order chi connectivity index (χ0) is 19.1. The van der Waals surface area contributed by atoms with Crippen molar-refractivity contribution in [3.63, 3.8) is 0 Å². The zero-order valence-corrected chi connectivity index (χ0v) is 16.4. The van der Waals surface area contributed by atoms with Crippen molar-refractivity contribution in [2.45, 2.75) is 52.1 Å². The van der Waals surface area contributed by atoms with E-state index in [2.05, 4.69) is 25.2 Å². The van der Waals surface area contributed by atoms with Crippen LogP contribution >= 0.6 is 0 Å². The van der Waals surface area contributed by atoms with Crippen molar-refractivity contribution in [1.29, 1.82) is 0 Å². The molecule has 0 aromatic heterocycles. The number of hydrogen-bond acceptors (Lipinski definition) is 3. The van der Waals surface area contributed by atoms with Gasteiger partial charge in [0.1, 0.15) is 11.9 Å². The molecule has 0 saturated heterocycles. The molecule has 0 saturated carbocycles. The van der Waals surface area contributed by atoms with Crippen LogP contribution < -0.4 is 10.1 Å². The number of fused-ring (bicyclic) bond motifs is 1. The first kappa shape index (κ1) is 19.3. The van der Waals surface area contributed by atoms with E-state index in [1.165, 1.54) is 19.3 Å². The fraction of sp³-hybridized carbons (Fsp3) is 0.435. The third-order valence-electron chi connectivity index (χ3n) is 4.96. The Bertz CT molecular complexity index is 760. The molecule has 0 radical (unpaired) electrons. The van der Waals surface area contributed by atoms with Crippen LogP contribution in [-0.2, 0) is 0 Å². The number of ether oxygens (including phenoxy) is 1. The van der Waals surface area contributed by atoms with Crippen LogP contribution in [-0.4, -0.2) is 24.0 Å². The second kappa shape index (κ2) is 9.45. The second-order valence-electron chi connectivity index (χ2n) is 7.04. The number of nitrogens with zero attached hydrogens (tertiary/aromatic N) is 1. The summed E-state index contributed by atoms with van der Waals surface area (Å²) in [6.45, 7) is 5.72. The minimum absolute atomic E-state index is 0.0777. The maximum Gasteiger partial charge on any atom is 0.257 e. The Kier molecular flexibility index (Phi) is 6.74. The summed E-state index contributed by atoms with van der Waals surface area (Å²) in [6.07, 6.45) is 5.40. The molecule has 0 aliphatic carbocycles. The molecule has 1 heterocycles. The number of hydrogen-bond donors (Lipinski definition) is 1. The molecule has 0 bridgehead atoms. The SMILES string of the molecule is CCCCCCOc1ccccc1C1Nc2ccccc2C(=O)N1CCC. The van der Waals surface area contributed by atoms with Gasteiger partial charge in [-0.3, -0.25) is 4.79 Å². The number of carbonyl (C=O) groups is 1. The standard InChI is InChI=1S/C23H30N2O2/c1-3-5-6-11-17-27-21-15-10-8-13-19(21)22-24-20-14-9-7-12-18(20)23(26)25(22)16-4-2/h7-10,12-15,22,24H,3-6,11,16-17H2,1-2H3. The second-order valence-corrected chi connectivity index (χ2v) is 7.04. The van der Waals surface area contributed by atoms with Crippen LogP contribution in [0.2, 0.25) is 0 Å². The number of carbonyl (C=O) groups excluding carboxylic acids is 1. The average Bonchev–Trinajstić information content (AvgIpc) is 2.70. The molecule has 27 heavy (non-hydrogen) atoms. The molecule has 1 amide bonds. The molecule has 0 fully saturated rings. The van der Waals surface area contributed by atoms with Crippen molar-refractivity contribution >= 4 is 11.6 Å². The molecule has 1 atom stereocenters. The van der Waals surface area contributed by atoms with Gasteiger partial charge in [0.05, 0.1) is 12.2 Å². The summed E-state index contributed by atoms with van der Waals surface area (Å²) in [5, 5.41) is 3.55. The number of nitrogens with one attached hydrogen (secondary N) is 1. The first-order valence-corrected chi connectivity index (χ1v) is 10.1. The van der Waals surface area contributed by atoms with Crippen molar-refractivity contribution in [1.82, 2.24) is 4.90 Å². The Morgan fingerprint density at radius 3 is 2.56 bits per heavy atom. The molecule has 1 N–H and O–H groups in total. The number of rotatable bonds is 9. The van der Waals surface area contributed by atoms with Crippen LogP contribution in [0.3, 0.4) is 0 Å². The van der Waals surface area contributed by atoms with Gasteiger partial charge in [-0.25, -0.2) is 0 Å². The average molecular weight is 367 g/mol. The Balaban J connectivity index is 1.84. The Hall–Kier alpha value is -2.49. The molecular weight excluding hydrogens is 336 g/mol. The molecule has 4 nitrogen and oxygen atoms in total. The lowest BCUT2D eigenvalue weighted by Crippen LogP contribution is -2.43. The molecule has 2 aromatic rings. The highest BCUT2D eigenvalue weighted by Gasteiger charge is 2.33. The molecule has 1 aliphatic heterocycles. The highest BCUT2D eigenvalue weighted by molar-refractivity contribution is 6.01. The van der Waals surface area contributed by atoms with Gasteiger partial charge < -0.3 is 15.0 Å². The van der Waals surface area contributed by atoms with E-state index in [9.17, 15) is 4.79 Å². The Labute approximate surface area is 162 Å². The van der Waals surface area contributed by atoms with Gasteiger partial charge in [0.25, 0.3) is 5.91 Å². The molecule has 1 aliphatic rings. The highest BCUT2D eigenvalue weighted by atomic mass is 16.5. The van der Waals surface area contributed by atoms with Crippen LogP contribution in [0.25, 0.3) is 0 Å². The normalized spacial score (nSPS) is 16.0. The van der Waals surface area contributed by atoms with E-state index < -0.39 is 0 Å². The third-order valence-corrected chi connectivity index (χ3v) is 4.96. The quantitative estimate of drug-likeness (QED) is 0.585. The van der Waals surface area contributed by atoms with E-state index in [1.807, 2.05) is 47.4 Å². The van der Waals surface area contributed by atoms with E-state index in [0.717, 1.165) is 35.4 Å². The number of para-hydroxylation sites is 2. The van der Waals surface area contributed by atoms with Gasteiger partial charge >= 0.3 is 0 Å². The molecule has 4 heteroatoms. The summed E-state index contributed by atoms with van der Waals surface area (Å²) in [4.78, 5) is 15.0. The molecule has 1 unspecified atom stereocenters. The summed E-state index contributed by atoms with van der Waals surface area (Å²) >= 11 is 0. The molecule has 0 spiro atoms. The van der Waals surface area contributed by atoms with Crippen molar-refractivity contribution in [2.24, 2.45) is 0 Å². The van der Waals surface area contributed by atoms with Gasteiger partial charge in [-0.05, 0) is 31.0 Å². The molecule has 144 valence electrons. The third kappa shape index (κ3) is 4.44. The Morgan fingerprint density at radius 1 is 0.963 bits per heavy atom. The van der Waals surface area contributed by atoms with Crippen LogP contribution in [0.5, 0.6) is 5.75 Å². The van der Waals surface area contributed by atoms with Gasteiger partial charge in [0.2, 0.25) is 0 Å².